The van der Waals surface area contributed by atoms with Crippen molar-refractivity contribution in [2.45, 2.75) is 19.9 Å². The minimum Gasteiger partial charge on any atom is -0.378 e. The van der Waals surface area contributed by atoms with E-state index in [1.165, 1.54) is 6.07 Å². The first-order valence-electron chi connectivity index (χ1n) is 6.25. The van der Waals surface area contributed by atoms with E-state index in [0.29, 0.717) is 0 Å². The summed E-state index contributed by atoms with van der Waals surface area (Å²) < 4.78 is 1.04. The summed E-state index contributed by atoms with van der Waals surface area (Å²) in [7, 11) is 0. The minimum absolute atomic E-state index is 0.103. The molecule has 2 rings (SSSR count). The lowest BCUT2D eigenvalue weighted by Crippen LogP contribution is -2.08. The molecule has 2 aromatic carbocycles. The molecule has 0 bridgehead atoms. The molecule has 104 valence electrons. The average Bonchev–Trinajstić information content (AvgIpc) is 2.41. The molecule has 0 aliphatic heterocycles. The summed E-state index contributed by atoms with van der Waals surface area (Å²) in [4.78, 5) is 10.4. The fourth-order valence-corrected chi connectivity index (χ4v) is 2.69. The van der Waals surface area contributed by atoms with Gasteiger partial charge >= 0.3 is 0 Å². The fourth-order valence-electron chi connectivity index (χ4n) is 2.06. The van der Waals surface area contributed by atoms with Gasteiger partial charge in [0.1, 0.15) is 0 Å². The molecule has 20 heavy (non-hydrogen) atoms. The van der Waals surface area contributed by atoms with Gasteiger partial charge in [0.2, 0.25) is 0 Å². The second-order valence-electron chi connectivity index (χ2n) is 4.64. The van der Waals surface area contributed by atoms with Crippen molar-refractivity contribution in [3.05, 3.63) is 68.2 Å². The molecule has 0 heterocycles. The number of nitrogens with zero attached hydrogens (tertiary/aromatic N) is 1. The molecule has 0 amide bonds. The van der Waals surface area contributed by atoms with Gasteiger partial charge in [-0.3, -0.25) is 10.1 Å². The quantitative estimate of drug-likeness (QED) is 0.642. The lowest BCUT2D eigenvalue weighted by atomic mass is 10.1. The van der Waals surface area contributed by atoms with Gasteiger partial charge < -0.3 is 5.32 Å². The van der Waals surface area contributed by atoms with E-state index in [-0.39, 0.29) is 16.7 Å². The van der Waals surface area contributed by atoms with Crippen LogP contribution in [-0.4, -0.2) is 4.92 Å². The molecule has 4 nitrogen and oxygen atoms in total. The second kappa shape index (κ2) is 6.05. The zero-order chi connectivity index (χ0) is 14.7. The van der Waals surface area contributed by atoms with Crippen molar-refractivity contribution in [2.24, 2.45) is 0 Å². The third kappa shape index (κ3) is 3.17. The standard InChI is InChI=1S/C15H15BrN2O2/c1-10-9-12(18(19)20)7-8-15(10)17-11(2)13-5-3-4-6-14(13)16/h3-9,11,17H,1-2H3. The number of nitro groups is 1. The smallest absolute Gasteiger partial charge is 0.269 e. The molecular formula is C15H15BrN2O2. The summed E-state index contributed by atoms with van der Waals surface area (Å²) in [6, 6.07) is 12.9. The highest BCUT2D eigenvalue weighted by atomic mass is 79.9. The minimum atomic E-state index is -0.381. The van der Waals surface area contributed by atoms with Crippen molar-refractivity contribution < 1.29 is 4.92 Å². The van der Waals surface area contributed by atoms with Crippen molar-refractivity contribution in [3.8, 4) is 0 Å². The molecule has 0 saturated carbocycles. The number of non-ortho nitro benzene ring substituents is 1. The first-order valence-corrected chi connectivity index (χ1v) is 7.04. The number of rotatable bonds is 4. The van der Waals surface area contributed by atoms with E-state index in [0.717, 1.165) is 21.3 Å². The zero-order valence-electron chi connectivity index (χ0n) is 11.3. The van der Waals surface area contributed by atoms with Gasteiger partial charge in [0, 0.05) is 28.3 Å². The Bertz CT molecular complexity index is 644. The fraction of sp³-hybridized carbons (Fsp3) is 0.200. The molecule has 2 aromatic rings. The van der Waals surface area contributed by atoms with Gasteiger partial charge in [0.05, 0.1) is 4.92 Å². The normalized spacial score (nSPS) is 11.9. The van der Waals surface area contributed by atoms with Crippen LogP contribution < -0.4 is 5.32 Å². The van der Waals surface area contributed by atoms with Crippen LogP contribution in [0.5, 0.6) is 0 Å². The Kier molecular flexibility index (Phi) is 4.39. The predicted octanol–water partition coefficient (Wildman–Crippen LogP) is 4.84. The maximum absolute atomic E-state index is 10.7. The number of nitrogens with one attached hydrogen (secondary N) is 1. The first kappa shape index (κ1) is 14.5. The molecule has 0 aliphatic carbocycles. The van der Waals surface area contributed by atoms with E-state index in [4.69, 9.17) is 0 Å². The van der Waals surface area contributed by atoms with Crippen LogP contribution in [0.4, 0.5) is 11.4 Å². The molecule has 1 N–H and O–H groups in total. The van der Waals surface area contributed by atoms with Gasteiger partial charge in [-0.1, -0.05) is 34.1 Å². The highest BCUT2D eigenvalue weighted by Gasteiger charge is 2.12. The van der Waals surface area contributed by atoms with Crippen molar-refractivity contribution >= 4 is 27.3 Å². The summed E-state index contributed by atoms with van der Waals surface area (Å²) in [5.74, 6) is 0. The van der Waals surface area contributed by atoms with Crippen LogP contribution in [0.1, 0.15) is 24.1 Å². The SMILES string of the molecule is Cc1cc([N+](=O)[O-])ccc1NC(C)c1ccccc1Br. The van der Waals surface area contributed by atoms with Crippen molar-refractivity contribution in [2.75, 3.05) is 5.32 Å². The van der Waals surface area contributed by atoms with Crippen LogP contribution in [0.3, 0.4) is 0 Å². The van der Waals surface area contributed by atoms with E-state index >= 15 is 0 Å². The van der Waals surface area contributed by atoms with E-state index in [1.807, 2.05) is 31.2 Å². The highest BCUT2D eigenvalue weighted by molar-refractivity contribution is 9.10. The highest BCUT2D eigenvalue weighted by Crippen LogP contribution is 2.28. The number of benzene rings is 2. The second-order valence-corrected chi connectivity index (χ2v) is 5.50. The number of hydrogen-bond donors (Lipinski definition) is 1. The number of halogens is 1. The molecule has 0 saturated heterocycles. The molecule has 0 aromatic heterocycles. The molecular weight excluding hydrogens is 320 g/mol. The summed E-state index contributed by atoms with van der Waals surface area (Å²) in [6.45, 7) is 3.92. The third-order valence-corrected chi connectivity index (χ3v) is 3.89. The van der Waals surface area contributed by atoms with Crippen LogP contribution in [0.2, 0.25) is 0 Å². The first-order chi connectivity index (χ1) is 9.49. The Morgan fingerprint density at radius 3 is 2.55 bits per heavy atom. The van der Waals surface area contributed by atoms with Gasteiger partial charge in [0.15, 0.2) is 0 Å². The molecule has 1 unspecified atom stereocenters. The van der Waals surface area contributed by atoms with Crippen LogP contribution in [0, 0.1) is 17.0 Å². The topological polar surface area (TPSA) is 55.2 Å². The Morgan fingerprint density at radius 1 is 1.25 bits per heavy atom. The molecule has 0 spiro atoms. The largest absolute Gasteiger partial charge is 0.378 e. The number of nitro benzene ring substituents is 1. The number of aryl methyl sites for hydroxylation is 1. The van der Waals surface area contributed by atoms with Gasteiger partial charge in [0.25, 0.3) is 5.69 Å². The third-order valence-electron chi connectivity index (χ3n) is 3.16. The maximum Gasteiger partial charge on any atom is 0.269 e. The predicted molar refractivity (Wildman–Crippen MR) is 84.0 cm³/mol. The Morgan fingerprint density at radius 2 is 1.95 bits per heavy atom. The molecule has 0 aliphatic rings. The molecule has 5 heteroatoms. The molecule has 1 atom stereocenters. The number of anilines is 1. The van der Waals surface area contributed by atoms with Crippen LogP contribution in [-0.2, 0) is 0 Å². The van der Waals surface area contributed by atoms with Crippen molar-refractivity contribution in [1.29, 1.82) is 0 Å². The van der Waals surface area contributed by atoms with Gasteiger partial charge in [-0.15, -0.1) is 0 Å². The summed E-state index contributed by atoms with van der Waals surface area (Å²) in [5, 5.41) is 14.1. The van der Waals surface area contributed by atoms with Crippen LogP contribution in [0.15, 0.2) is 46.9 Å². The van der Waals surface area contributed by atoms with Crippen molar-refractivity contribution in [1.82, 2.24) is 0 Å². The van der Waals surface area contributed by atoms with Gasteiger partial charge in [-0.05, 0) is 37.1 Å². The average molecular weight is 335 g/mol. The lowest BCUT2D eigenvalue weighted by molar-refractivity contribution is -0.384. The van der Waals surface area contributed by atoms with Gasteiger partial charge in [-0.2, -0.15) is 0 Å². The lowest BCUT2D eigenvalue weighted by Gasteiger charge is -2.18. The van der Waals surface area contributed by atoms with E-state index in [9.17, 15) is 10.1 Å². The van der Waals surface area contributed by atoms with Crippen molar-refractivity contribution in [3.63, 3.8) is 0 Å². The van der Waals surface area contributed by atoms with E-state index in [2.05, 4.69) is 28.2 Å². The monoisotopic (exact) mass is 334 g/mol. The Hall–Kier alpha value is -1.88. The molecule has 0 radical (unpaired) electrons. The maximum atomic E-state index is 10.7. The Balaban J connectivity index is 2.22. The van der Waals surface area contributed by atoms with E-state index in [1.54, 1.807) is 12.1 Å². The summed E-state index contributed by atoms with van der Waals surface area (Å²) in [6.07, 6.45) is 0. The van der Waals surface area contributed by atoms with E-state index < -0.39 is 0 Å². The number of hydrogen-bond acceptors (Lipinski definition) is 3. The molecule has 0 fully saturated rings. The summed E-state index contributed by atoms with van der Waals surface area (Å²) in [5.41, 5.74) is 3.02. The zero-order valence-corrected chi connectivity index (χ0v) is 12.8. The summed E-state index contributed by atoms with van der Waals surface area (Å²) >= 11 is 3.53. The van der Waals surface area contributed by atoms with Gasteiger partial charge in [-0.25, -0.2) is 0 Å². The Labute approximate surface area is 126 Å². The van der Waals surface area contributed by atoms with Crippen LogP contribution >= 0.6 is 15.9 Å². The van der Waals surface area contributed by atoms with Crippen LogP contribution in [0.25, 0.3) is 0 Å².